The summed E-state index contributed by atoms with van der Waals surface area (Å²) in [5.74, 6) is 1.65. The first kappa shape index (κ1) is 22.5. The van der Waals surface area contributed by atoms with Gasteiger partial charge in [0, 0.05) is 29.6 Å². The van der Waals surface area contributed by atoms with Crippen LogP contribution in [0.25, 0.3) is 11.3 Å². The summed E-state index contributed by atoms with van der Waals surface area (Å²) < 4.78 is 32.5. The van der Waals surface area contributed by atoms with Gasteiger partial charge in [0.25, 0.3) is 0 Å². The van der Waals surface area contributed by atoms with Gasteiger partial charge < -0.3 is 20.0 Å². The normalized spacial score (nSPS) is 10.8. The molecule has 0 bridgehead atoms. The summed E-state index contributed by atoms with van der Waals surface area (Å²) in [6.07, 6.45) is 1.50. The Labute approximate surface area is 194 Å². The number of nitrogen functional groups attached to an aromatic ring is 1. The van der Waals surface area contributed by atoms with E-state index in [4.69, 9.17) is 20.9 Å². The number of rotatable bonds is 7. The molecule has 0 aliphatic heterocycles. The topological polar surface area (TPSA) is 179 Å². The molecule has 4 rings (SSSR count). The molecule has 170 valence electrons. The number of aromatic nitrogens is 3. The number of nitriles is 1. The van der Waals surface area contributed by atoms with Crippen molar-refractivity contribution in [2.45, 2.75) is 0 Å². The maximum atomic E-state index is 11.0. The minimum Gasteiger partial charge on any atom is -0.457 e. The molecule has 34 heavy (non-hydrogen) atoms. The second-order valence-corrected chi connectivity index (χ2v) is 7.99. The van der Waals surface area contributed by atoms with Crippen LogP contribution in [0.15, 0.2) is 72.9 Å². The van der Waals surface area contributed by atoms with Crippen LogP contribution in [0.5, 0.6) is 17.2 Å². The highest BCUT2D eigenvalue weighted by atomic mass is 32.2. The first-order valence-corrected chi connectivity index (χ1v) is 11.1. The van der Waals surface area contributed by atoms with Gasteiger partial charge in [-0.25, -0.2) is 9.97 Å². The lowest BCUT2D eigenvalue weighted by molar-refractivity contribution is 0.481. The highest BCUT2D eigenvalue weighted by Gasteiger charge is 2.09. The van der Waals surface area contributed by atoms with Crippen molar-refractivity contribution in [3.05, 3.63) is 78.6 Å². The molecule has 0 saturated heterocycles. The van der Waals surface area contributed by atoms with Crippen molar-refractivity contribution in [1.82, 2.24) is 15.0 Å². The van der Waals surface area contributed by atoms with Crippen LogP contribution in [0.4, 0.5) is 17.5 Å². The SMILES string of the molecule is N#Cc1cc(Oc2ccc(Nc3cc(-c4ccc(OS(N)(=O)=O)cc4)nc(N)n3)cc2)ccn1. The van der Waals surface area contributed by atoms with E-state index in [1.807, 2.05) is 6.07 Å². The Kier molecular flexibility index (Phi) is 6.22. The predicted molar refractivity (Wildman–Crippen MR) is 124 cm³/mol. The fourth-order valence-corrected chi connectivity index (χ4v) is 3.30. The van der Waals surface area contributed by atoms with E-state index in [0.717, 1.165) is 5.69 Å². The third-order valence-electron chi connectivity index (χ3n) is 4.31. The Morgan fingerprint density at radius 2 is 1.62 bits per heavy atom. The fraction of sp³-hybridized carbons (Fsp3) is 0. The van der Waals surface area contributed by atoms with Gasteiger partial charge in [-0.1, -0.05) is 0 Å². The molecule has 5 N–H and O–H groups in total. The van der Waals surface area contributed by atoms with Gasteiger partial charge in [0.05, 0.1) is 5.69 Å². The van der Waals surface area contributed by atoms with E-state index >= 15 is 0 Å². The number of nitrogens with two attached hydrogens (primary N) is 2. The van der Waals surface area contributed by atoms with Crippen LogP contribution < -0.4 is 25.1 Å². The molecule has 11 nitrogen and oxygen atoms in total. The average Bonchev–Trinajstić information content (AvgIpc) is 2.79. The molecule has 0 spiro atoms. The zero-order valence-corrected chi connectivity index (χ0v) is 18.2. The Balaban J connectivity index is 1.48. The molecule has 0 radical (unpaired) electrons. The van der Waals surface area contributed by atoms with Gasteiger partial charge >= 0.3 is 10.3 Å². The van der Waals surface area contributed by atoms with Crippen LogP contribution in [-0.2, 0) is 10.3 Å². The smallest absolute Gasteiger partial charge is 0.380 e. The molecule has 0 unspecified atom stereocenters. The lowest BCUT2D eigenvalue weighted by Gasteiger charge is -2.10. The summed E-state index contributed by atoms with van der Waals surface area (Å²) in [5, 5.41) is 17.0. The van der Waals surface area contributed by atoms with Crippen LogP contribution in [0.3, 0.4) is 0 Å². The Morgan fingerprint density at radius 1 is 0.912 bits per heavy atom. The van der Waals surface area contributed by atoms with Crippen molar-refractivity contribution in [3.63, 3.8) is 0 Å². The number of nitrogens with zero attached hydrogens (tertiary/aromatic N) is 4. The monoisotopic (exact) mass is 475 g/mol. The number of nitrogens with one attached hydrogen (secondary N) is 1. The quantitative estimate of drug-likeness (QED) is 0.359. The van der Waals surface area contributed by atoms with E-state index in [9.17, 15) is 8.42 Å². The molecule has 12 heteroatoms. The third-order valence-corrected chi connectivity index (χ3v) is 4.74. The number of hydrogen-bond donors (Lipinski definition) is 3. The highest BCUT2D eigenvalue weighted by molar-refractivity contribution is 7.84. The van der Waals surface area contributed by atoms with Crippen LogP contribution in [-0.4, -0.2) is 23.4 Å². The standard InChI is InChI=1S/C22H17N7O4S/c23-13-16-11-19(9-10-26-16)32-17-7-3-15(4-8-17)27-21-12-20(28-22(24)29-21)14-1-5-18(6-2-14)33-34(25,30)31/h1-12H,(H2,25,30,31)(H3,24,27,28,29). The van der Waals surface area contributed by atoms with Crippen LogP contribution in [0, 0.1) is 11.3 Å². The number of benzene rings is 2. The fourth-order valence-electron chi connectivity index (χ4n) is 2.92. The maximum Gasteiger partial charge on any atom is 0.380 e. The molecule has 2 aromatic carbocycles. The summed E-state index contributed by atoms with van der Waals surface area (Å²) >= 11 is 0. The molecule has 0 fully saturated rings. The van der Waals surface area contributed by atoms with E-state index in [0.29, 0.717) is 28.6 Å². The average molecular weight is 475 g/mol. The number of pyridine rings is 1. The number of ether oxygens (including phenoxy) is 1. The van der Waals surface area contributed by atoms with E-state index in [1.165, 1.54) is 18.3 Å². The first-order valence-electron chi connectivity index (χ1n) is 9.66. The summed E-state index contributed by atoms with van der Waals surface area (Å²) in [5.41, 5.74) is 8.03. The van der Waals surface area contributed by atoms with Gasteiger partial charge in [0.2, 0.25) is 5.95 Å². The molecule has 0 atom stereocenters. The number of anilines is 3. The summed E-state index contributed by atoms with van der Waals surface area (Å²) in [7, 11) is -4.11. The largest absolute Gasteiger partial charge is 0.457 e. The van der Waals surface area contributed by atoms with Crippen molar-refractivity contribution in [2.75, 3.05) is 11.1 Å². The van der Waals surface area contributed by atoms with Crippen molar-refractivity contribution in [2.24, 2.45) is 5.14 Å². The Bertz CT molecular complexity index is 1470. The summed E-state index contributed by atoms with van der Waals surface area (Å²) in [4.78, 5) is 12.3. The maximum absolute atomic E-state index is 11.0. The van der Waals surface area contributed by atoms with Crippen molar-refractivity contribution >= 4 is 27.8 Å². The van der Waals surface area contributed by atoms with Gasteiger partial charge in [-0.2, -0.15) is 23.8 Å². The molecule has 0 aliphatic carbocycles. The van der Waals surface area contributed by atoms with Crippen molar-refractivity contribution in [3.8, 4) is 34.6 Å². The zero-order valence-electron chi connectivity index (χ0n) is 17.4. The second-order valence-electron chi connectivity index (χ2n) is 6.84. The predicted octanol–water partition coefficient (Wildman–Crippen LogP) is 3.11. The zero-order chi connectivity index (χ0) is 24.1. The third kappa shape index (κ3) is 5.94. The van der Waals surface area contributed by atoms with Gasteiger partial charge in [-0.05, 0) is 54.6 Å². The molecular formula is C22H17N7O4S. The van der Waals surface area contributed by atoms with E-state index in [2.05, 4.69) is 24.5 Å². The Hall–Kier alpha value is -4.73. The lowest BCUT2D eigenvalue weighted by atomic mass is 10.1. The van der Waals surface area contributed by atoms with E-state index in [-0.39, 0.29) is 17.4 Å². The lowest BCUT2D eigenvalue weighted by Crippen LogP contribution is -2.18. The molecule has 0 amide bonds. The molecule has 0 aliphatic rings. The molecule has 2 heterocycles. The highest BCUT2D eigenvalue weighted by Crippen LogP contribution is 2.27. The minimum atomic E-state index is -4.11. The van der Waals surface area contributed by atoms with E-state index in [1.54, 1.807) is 54.6 Å². The van der Waals surface area contributed by atoms with Gasteiger partial charge in [-0.15, -0.1) is 0 Å². The molecular weight excluding hydrogens is 458 g/mol. The van der Waals surface area contributed by atoms with E-state index < -0.39 is 10.3 Å². The Morgan fingerprint density at radius 3 is 2.29 bits per heavy atom. The van der Waals surface area contributed by atoms with Crippen molar-refractivity contribution < 1.29 is 17.3 Å². The summed E-state index contributed by atoms with van der Waals surface area (Å²) in [6, 6.07) is 20.1. The van der Waals surface area contributed by atoms with Crippen LogP contribution in [0.2, 0.25) is 0 Å². The number of hydrogen-bond acceptors (Lipinski definition) is 10. The van der Waals surface area contributed by atoms with Gasteiger partial charge in [0.15, 0.2) is 0 Å². The molecule has 2 aromatic heterocycles. The molecule has 0 saturated carbocycles. The van der Waals surface area contributed by atoms with Crippen LogP contribution >= 0.6 is 0 Å². The van der Waals surface area contributed by atoms with Crippen LogP contribution in [0.1, 0.15) is 5.69 Å². The first-order chi connectivity index (χ1) is 16.3. The van der Waals surface area contributed by atoms with Gasteiger partial charge in [0.1, 0.15) is 34.8 Å². The van der Waals surface area contributed by atoms with Gasteiger partial charge in [-0.3, -0.25) is 0 Å². The molecule has 4 aromatic rings. The second kappa shape index (κ2) is 9.41. The minimum absolute atomic E-state index is 0.0517. The van der Waals surface area contributed by atoms with Crippen molar-refractivity contribution in [1.29, 1.82) is 5.26 Å². The summed E-state index contributed by atoms with van der Waals surface area (Å²) in [6.45, 7) is 0.